The second-order valence-corrected chi connectivity index (χ2v) is 5.89. The molecule has 1 heterocycles. The van der Waals surface area contributed by atoms with E-state index >= 15 is 0 Å². The van der Waals surface area contributed by atoms with Crippen LogP contribution >= 0.6 is 11.8 Å². The van der Waals surface area contributed by atoms with E-state index in [4.69, 9.17) is 4.74 Å². The minimum Gasteiger partial charge on any atom is -0.497 e. The second kappa shape index (κ2) is 5.78. The van der Waals surface area contributed by atoms with Crippen molar-refractivity contribution in [2.45, 2.75) is 31.1 Å². The fourth-order valence-electron chi connectivity index (χ4n) is 2.53. The van der Waals surface area contributed by atoms with Gasteiger partial charge in [-0.05, 0) is 55.8 Å². The Labute approximate surface area is 108 Å². The molecule has 0 aliphatic carbocycles. The summed E-state index contributed by atoms with van der Waals surface area (Å²) in [5, 5.41) is 4.19. The summed E-state index contributed by atoms with van der Waals surface area (Å²) in [5.74, 6) is 2.25. The number of ether oxygens (including phenoxy) is 1. The molecule has 94 valence electrons. The van der Waals surface area contributed by atoms with Gasteiger partial charge in [0.15, 0.2) is 0 Å². The molecule has 0 radical (unpaired) electrons. The fraction of sp³-hybridized carbons (Fsp3) is 0.571. The van der Waals surface area contributed by atoms with Crippen molar-refractivity contribution in [3.05, 3.63) is 29.3 Å². The number of thioether (sulfide) groups is 1. The van der Waals surface area contributed by atoms with Crippen molar-refractivity contribution >= 4 is 11.8 Å². The molecule has 17 heavy (non-hydrogen) atoms. The summed E-state index contributed by atoms with van der Waals surface area (Å²) in [6.07, 6.45) is 2.67. The van der Waals surface area contributed by atoms with Gasteiger partial charge in [-0.2, -0.15) is 11.8 Å². The van der Waals surface area contributed by atoms with Gasteiger partial charge >= 0.3 is 0 Å². The highest BCUT2D eigenvalue weighted by Gasteiger charge is 2.26. The van der Waals surface area contributed by atoms with E-state index in [9.17, 15) is 0 Å². The molecule has 2 rings (SSSR count). The van der Waals surface area contributed by atoms with E-state index < -0.39 is 0 Å². The summed E-state index contributed by atoms with van der Waals surface area (Å²) in [6.45, 7) is 2.17. The van der Waals surface area contributed by atoms with Crippen LogP contribution in [0.4, 0.5) is 0 Å². The zero-order chi connectivity index (χ0) is 12.3. The van der Waals surface area contributed by atoms with Crippen LogP contribution in [-0.2, 0) is 0 Å². The van der Waals surface area contributed by atoms with Crippen LogP contribution in [0.15, 0.2) is 18.2 Å². The maximum Gasteiger partial charge on any atom is 0.119 e. The van der Waals surface area contributed by atoms with Crippen LogP contribution in [0.3, 0.4) is 0 Å². The highest BCUT2D eigenvalue weighted by molar-refractivity contribution is 8.00. The van der Waals surface area contributed by atoms with Crippen LogP contribution in [-0.4, -0.2) is 25.2 Å². The molecule has 0 bridgehead atoms. The van der Waals surface area contributed by atoms with Crippen LogP contribution in [0, 0.1) is 6.92 Å². The van der Waals surface area contributed by atoms with E-state index in [2.05, 4.69) is 49.2 Å². The molecule has 0 spiro atoms. The first-order chi connectivity index (χ1) is 8.26. The van der Waals surface area contributed by atoms with Crippen molar-refractivity contribution in [1.82, 2.24) is 5.32 Å². The van der Waals surface area contributed by atoms with E-state index in [1.165, 1.54) is 29.7 Å². The maximum absolute atomic E-state index is 5.26. The minimum absolute atomic E-state index is 0.466. The highest BCUT2D eigenvalue weighted by atomic mass is 32.2. The van der Waals surface area contributed by atoms with E-state index in [1.54, 1.807) is 7.11 Å². The molecule has 0 amide bonds. The summed E-state index contributed by atoms with van der Waals surface area (Å²) in [5.41, 5.74) is 2.73. The number of hydrogen-bond donors (Lipinski definition) is 1. The van der Waals surface area contributed by atoms with Crippen LogP contribution in [0.25, 0.3) is 0 Å². The lowest BCUT2D eigenvalue weighted by Gasteiger charge is -2.24. The van der Waals surface area contributed by atoms with Crippen molar-refractivity contribution in [2.24, 2.45) is 0 Å². The second-order valence-electron chi connectivity index (χ2n) is 4.54. The molecule has 1 aromatic carbocycles. The summed E-state index contributed by atoms with van der Waals surface area (Å²) < 4.78 is 5.26. The van der Waals surface area contributed by atoms with E-state index in [0.717, 1.165) is 5.75 Å². The summed E-state index contributed by atoms with van der Waals surface area (Å²) in [7, 11) is 3.78. The Morgan fingerprint density at radius 3 is 2.82 bits per heavy atom. The molecular formula is C14H21NOS. The van der Waals surface area contributed by atoms with Crippen molar-refractivity contribution in [3.63, 3.8) is 0 Å². The van der Waals surface area contributed by atoms with Gasteiger partial charge in [-0.1, -0.05) is 6.07 Å². The number of aryl methyl sites for hydroxylation is 1. The van der Waals surface area contributed by atoms with Crippen molar-refractivity contribution in [3.8, 4) is 5.75 Å². The van der Waals surface area contributed by atoms with E-state index in [0.29, 0.717) is 11.3 Å². The predicted octanol–water partition coefficient (Wildman–Crippen LogP) is 3.16. The van der Waals surface area contributed by atoms with Gasteiger partial charge in [-0.25, -0.2) is 0 Å². The highest BCUT2D eigenvalue weighted by Crippen LogP contribution is 2.37. The average Bonchev–Trinajstić information content (AvgIpc) is 2.85. The third-order valence-electron chi connectivity index (χ3n) is 3.46. The summed E-state index contributed by atoms with van der Waals surface area (Å²) >= 11 is 2.09. The SMILES string of the molecule is CNC(c1ccc(OC)cc1C)C1CCCS1. The Hall–Kier alpha value is -0.670. The van der Waals surface area contributed by atoms with Gasteiger partial charge in [0.1, 0.15) is 5.75 Å². The number of methoxy groups -OCH3 is 1. The van der Waals surface area contributed by atoms with Gasteiger partial charge in [0.05, 0.1) is 7.11 Å². The molecule has 1 N–H and O–H groups in total. The summed E-state index contributed by atoms with van der Waals surface area (Å²) in [6, 6.07) is 6.85. The van der Waals surface area contributed by atoms with E-state index in [1.807, 2.05) is 0 Å². The molecule has 1 aliphatic heterocycles. The van der Waals surface area contributed by atoms with Gasteiger partial charge in [0.25, 0.3) is 0 Å². The van der Waals surface area contributed by atoms with Gasteiger partial charge in [-0.3, -0.25) is 0 Å². The maximum atomic E-state index is 5.26. The molecule has 0 aromatic heterocycles. The molecule has 2 atom stereocenters. The lowest BCUT2D eigenvalue weighted by molar-refractivity contribution is 0.414. The zero-order valence-electron chi connectivity index (χ0n) is 10.8. The van der Waals surface area contributed by atoms with Crippen LogP contribution in [0.5, 0.6) is 5.75 Å². The lowest BCUT2D eigenvalue weighted by Crippen LogP contribution is -2.26. The standard InChI is InChI=1S/C14H21NOS/c1-10-9-11(16-3)6-7-12(10)14(15-2)13-5-4-8-17-13/h6-7,9,13-15H,4-5,8H2,1-3H3. The van der Waals surface area contributed by atoms with Gasteiger partial charge < -0.3 is 10.1 Å². The third-order valence-corrected chi connectivity index (χ3v) is 4.92. The predicted molar refractivity (Wildman–Crippen MR) is 75.0 cm³/mol. The summed E-state index contributed by atoms with van der Waals surface area (Å²) in [4.78, 5) is 0. The molecule has 2 unspecified atom stereocenters. The van der Waals surface area contributed by atoms with Crippen LogP contribution in [0.2, 0.25) is 0 Å². The van der Waals surface area contributed by atoms with Crippen molar-refractivity contribution in [2.75, 3.05) is 19.9 Å². The quantitative estimate of drug-likeness (QED) is 0.888. The Balaban J connectivity index is 2.23. The van der Waals surface area contributed by atoms with Crippen LogP contribution < -0.4 is 10.1 Å². The number of rotatable bonds is 4. The Morgan fingerprint density at radius 2 is 2.29 bits per heavy atom. The van der Waals surface area contributed by atoms with Gasteiger partial charge in [0.2, 0.25) is 0 Å². The van der Waals surface area contributed by atoms with Gasteiger partial charge in [-0.15, -0.1) is 0 Å². The van der Waals surface area contributed by atoms with Gasteiger partial charge in [0, 0.05) is 11.3 Å². The molecule has 2 nitrogen and oxygen atoms in total. The van der Waals surface area contributed by atoms with Crippen LogP contribution in [0.1, 0.15) is 30.0 Å². The molecule has 1 aliphatic rings. The molecule has 3 heteroatoms. The molecule has 0 saturated carbocycles. The molecule has 1 aromatic rings. The average molecular weight is 251 g/mol. The lowest BCUT2D eigenvalue weighted by atomic mass is 9.96. The molecule has 1 fully saturated rings. The number of benzene rings is 1. The third kappa shape index (κ3) is 2.78. The zero-order valence-corrected chi connectivity index (χ0v) is 11.6. The van der Waals surface area contributed by atoms with E-state index in [-0.39, 0.29) is 0 Å². The largest absolute Gasteiger partial charge is 0.497 e. The normalized spacial score (nSPS) is 21.5. The number of nitrogens with one attached hydrogen (secondary N) is 1. The Morgan fingerprint density at radius 1 is 1.47 bits per heavy atom. The first kappa shape index (κ1) is 12.8. The minimum atomic E-state index is 0.466. The van der Waals surface area contributed by atoms with Crippen molar-refractivity contribution in [1.29, 1.82) is 0 Å². The first-order valence-electron chi connectivity index (χ1n) is 6.19. The smallest absolute Gasteiger partial charge is 0.119 e. The van der Waals surface area contributed by atoms with Crippen molar-refractivity contribution < 1.29 is 4.74 Å². The fourth-order valence-corrected chi connectivity index (χ4v) is 3.98. The Kier molecular flexibility index (Phi) is 4.35. The number of hydrogen-bond acceptors (Lipinski definition) is 3. The molecular weight excluding hydrogens is 230 g/mol. The topological polar surface area (TPSA) is 21.3 Å². The Bertz CT molecular complexity index is 374. The first-order valence-corrected chi connectivity index (χ1v) is 7.24. The monoisotopic (exact) mass is 251 g/mol. The molecule has 1 saturated heterocycles.